The van der Waals surface area contributed by atoms with Gasteiger partial charge in [0.05, 0.1) is 20.3 Å². The molecule has 1 fully saturated rings. The highest BCUT2D eigenvalue weighted by molar-refractivity contribution is 6.30. The lowest BCUT2D eigenvalue weighted by Crippen LogP contribution is -2.27. The van der Waals surface area contributed by atoms with Crippen LogP contribution >= 0.6 is 11.6 Å². The fourth-order valence-electron chi connectivity index (χ4n) is 4.36. The number of carbonyl (C=O) groups is 2. The number of nitrogens with one attached hydrogen (secondary N) is 2. The highest BCUT2D eigenvalue weighted by atomic mass is 35.5. The van der Waals surface area contributed by atoms with Crippen molar-refractivity contribution in [3.8, 4) is 5.75 Å². The zero-order valence-corrected chi connectivity index (χ0v) is 26.2. The van der Waals surface area contributed by atoms with E-state index < -0.39 is 6.09 Å². The van der Waals surface area contributed by atoms with Crippen LogP contribution in [0.5, 0.6) is 5.75 Å². The molecule has 1 unspecified atom stereocenters. The lowest BCUT2D eigenvalue weighted by atomic mass is 9.91. The normalized spacial score (nSPS) is 13.6. The number of likely N-dealkylation sites (N-methyl/N-ethyl adjacent to an activating group) is 1. The van der Waals surface area contributed by atoms with Crippen LogP contribution in [-0.4, -0.2) is 53.0 Å². The summed E-state index contributed by atoms with van der Waals surface area (Å²) in [6.07, 6.45) is 7.72. The van der Waals surface area contributed by atoms with E-state index >= 15 is 0 Å². The van der Waals surface area contributed by atoms with Crippen molar-refractivity contribution in [3.05, 3.63) is 64.2 Å². The quantitative estimate of drug-likeness (QED) is 0.198. The highest BCUT2D eigenvalue weighted by Crippen LogP contribution is 2.31. The number of methoxy groups -OCH3 is 1. The molecule has 2 aromatic rings. The van der Waals surface area contributed by atoms with Gasteiger partial charge >= 0.3 is 6.09 Å². The minimum Gasteiger partial charge on any atom is -0.493 e. The molecular formula is C32H50ClN3O5. The molecule has 1 saturated carbocycles. The molecule has 2 amide bonds. The number of carbonyl (C=O) groups excluding carboxylic acids is 2. The number of halogens is 1. The Balaban J connectivity index is 0.000000709. The predicted octanol–water partition coefficient (Wildman–Crippen LogP) is 6.29. The molecule has 0 heterocycles. The first-order valence-corrected chi connectivity index (χ1v) is 14.9. The molecule has 0 bridgehead atoms. The van der Waals surface area contributed by atoms with Crippen LogP contribution in [-0.2, 0) is 20.7 Å². The summed E-state index contributed by atoms with van der Waals surface area (Å²) in [6.45, 7) is 8.75. The Hall–Kier alpha value is -2.81. The molecule has 1 aliphatic rings. The molecule has 0 aromatic heterocycles. The van der Waals surface area contributed by atoms with Gasteiger partial charge in [-0.05, 0) is 72.8 Å². The highest BCUT2D eigenvalue weighted by Gasteiger charge is 2.18. The Morgan fingerprint density at radius 1 is 1.10 bits per heavy atom. The van der Waals surface area contributed by atoms with E-state index in [1.807, 2.05) is 37.4 Å². The molecule has 2 aromatic carbocycles. The summed E-state index contributed by atoms with van der Waals surface area (Å²) in [5.74, 6) is 2.28. The van der Waals surface area contributed by atoms with Gasteiger partial charge in [-0.25, -0.2) is 4.79 Å². The Morgan fingerprint density at radius 3 is 2.37 bits per heavy atom. The van der Waals surface area contributed by atoms with Crippen molar-refractivity contribution in [1.82, 2.24) is 10.6 Å². The number of primary amides is 1. The summed E-state index contributed by atoms with van der Waals surface area (Å²) < 4.78 is 16.9. The fourth-order valence-corrected chi connectivity index (χ4v) is 4.56. The number of rotatable bonds is 12. The zero-order valence-electron chi connectivity index (χ0n) is 25.4. The fraction of sp³-hybridized carbons (Fsp3) is 0.562. The van der Waals surface area contributed by atoms with E-state index in [9.17, 15) is 4.79 Å². The molecule has 0 radical (unpaired) electrons. The predicted molar refractivity (Wildman–Crippen MR) is 167 cm³/mol. The average Bonchev–Trinajstić information content (AvgIpc) is 2.96. The Bertz CT molecular complexity index is 999. The van der Waals surface area contributed by atoms with Crippen LogP contribution in [0.15, 0.2) is 42.5 Å². The van der Waals surface area contributed by atoms with Gasteiger partial charge in [0.2, 0.25) is 6.41 Å². The van der Waals surface area contributed by atoms with Crippen molar-refractivity contribution >= 4 is 24.1 Å². The third-order valence-corrected chi connectivity index (χ3v) is 6.66. The molecule has 0 spiro atoms. The van der Waals surface area contributed by atoms with Crippen LogP contribution < -0.4 is 21.1 Å². The first-order chi connectivity index (χ1) is 19.7. The second-order valence-corrected chi connectivity index (χ2v) is 11.0. The van der Waals surface area contributed by atoms with Gasteiger partial charge < -0.3 is 30.6 Å². The number of ether oxygens (including phenoxy) is 3. The molecule has 8 nitrogen and oxygen atoms in total. The van der Waals surface area contributed by atoms with E-state index in [0.717, 1.165) is 41.3 Å². The van der Waals surface area contributed by atoms with Crippen molar-refractivity contribution < 1.29 is 23.8 Å². The van der Waals surface area contributed by atoms with Gasteiger partial charge in [-0.1, -0.05) is 82.7 Å². The van der Waals surface area contributed by atoms with Crippen LogP contribution in [0.2, 0.25) is 5.02 Å². The standard InChI is InChI=1S/C24H33ClN2O4.C7H14.CH3NO/c1-17(2)16-31-22-13-18(8-9-26-3)12-20(15-22)23(19-6-5-7-21(25)14-19)30-11-10-27-24(28)29-4;1-7-5-3-2-4-6-7;2-1-3/h5-7,12-15,17,23,26H,8-11,16H2,1-4H3,(H,27,28);7H,2-6H2,1H3;1H,(H2,2,3). The van der Waals surface area contributed by atoms with Gasteiger partial charge in [0.1, 0.15) is 11.9 Å². The molecule has 0 aliphatic heterocycles. The number of hydrogen-bond acceptors (Lipinski definition) is 6. The number of benzene rings is 2. The van der Waals surface area contributed by atoms with Crippen LogP contribution in [0.1, 0.15) is 75.7 Å². The molecule has 9 heteroatoms. The molecule has 41 heavy (non-hydrogen) atoms. The minimum atomic E-state index is -0.485. The van der Waals surface area contributed by atoms with Crippen LogP contribution in [0.4, 0.5) is 4.79 Å². The first kappa shape index (κ1) is 36.2. The van der Waals surface area contributed by atoms with Crippen molar-refractivity contribution in [2.45, 2.75) is 65.4 Å². The molecule has 1 aliphatic carbocycles. The van der Waals surface area contributed by atoms with E-state index in [1.54, 1.807) is 0 Å². The number of alkyl carbamates (subject to hydrolysis) is 1. The van der Waals surface area contributed by atoms with Gasteiger partial charge in [-0.15, -0.1) is 0 Å². The number of amides is 2. The molecular weight excluding hydrogens is 542 g/mol. The number of nitrogens with two attached hydrogens (primary N) is 1. The maximum Gasteiger partial charge on any atom is 0.406 e. The van der Waals surface area contributed by atoms with Crippen molar-refractivity contribution in [2.75, 3.05) is 40.5 Å². The van der Waals surface area contributed by atoms with Gasteiger partial charge in [0.25, 0.3) is 0 Å². The minimum absolute atomic E-state index is 0.250. The summed E-state index contributed by atoms with van der Waals surface area (Å²) in [7, 11) is 3.27. The molecule has 3 rings (SSSR count). The van der Waals surface area contributed by atoms with Crippen molar-refractivity contribution in [2.24, 2.45) is 17.6 Å². The Morgan fingerprint density at radius 2 is 1.80 bits per heavy atom. The first-order valence-electron chi connectivity index (χ1n) is 14.5. The SMILES string of the molecule is CC1CCCCC1.CNCCc1cc(OCC(C)C)cc(C(OCCNC(=O)OC)c2cccc(Cl)c2)c1.NC=O. The second kappa shape index (κ2) is 21.9. The largest absolute Gasteiger partial charge is 0.493 e. The molecule has 1 atom stereocenters. The summed E-state index contributed by atoms with van der Waals surface area (Å²) in [5, 5.41) is 6.47. The van der Waals surface area contributed by atoms with E-state index in [1.165, 1.54) is 39.2 Å². The third-order valence-electron chi connectivity index (χ3n) is 6.42. The van der Waals surface area contributed by atoms with Gasteiger partial charge in [0, 0.05) is 11.6 Å². The lowest BCUT2D eigenvalue weighted by Gasteiger charge is -2.21. The molecule has 0 saturated heterocycles. The van der Waals surface area contributed by atoms with Crippen LogP contribution in [0, 0.1) is 11.8 Å². The topological polar surface area (TPSA) is 112 Å². The van der Waals surface area contributed by atoms with Crippen molar-refractivity contribution in [1.29, 1.82) is 0 Å². The summed E-state index contributed by atoms with van der Waals surface area (Å²) in [4.78, 5) is 19.9. The molecule has 230 valence electrons. The van der Waals surface area contributed by atoms with E-state index in [4.69, 9.17) is 25.9 Å². The molecule has 4 N–H and O–H groups in total. The summed E-state index contributed by atoms with van der Waals surface area (Å²) >= 11 is 6.25. The van der Waals surface area contributed by atoms with Gasteiger partial charge in [-0.2, -0.15) is 0 Å². The number of hydrogen-bond donors (Lipinski definition) is 3. The smallest absolute Gasteiger partial charge is 0.406 e. The monoisotopic (exact) mass is 591 g/mol. The van der Waals surface area contributed by atoms with E-state index in [0.29, 0.717) is 30.7 Å². The third kappa shape index (κ3) is 16.3. The average molecular weight is 592 g/mol. The van der Waals surface area contributed by atoms with Gasteiger partial charge in [-0.3, -0.25) is 4.79 Å². The summed E-state index contributed by atoms with van der Waals surface area (Å²) in [6, 6.07) is 13.9. The van der Waals surface area contributed by atoms with Crippen molar-refractivity contribution in [3.63, 3.8) is 0 Å². The second-order valence-electron chi connectivity index (χ2n) is 10.6. The maximum atomic E-state index is 11.3. The summed E-state index contributed by atoms with van der Waals surface area (Å²) in [5.41, 5.74) is 7.24. The van der Waals surface area contributed by atoms with Crippen LogP contribution in [0.3, 0.4) is 0 Å². The van der Waals surface area contributed by atoms with Crippen LogP contribution in [0.25, 0.3) is 0 Å². The Kier molecular flexibility index (Phi) is 19.3. The van der Waals surface area contributed by atoms with E-state index in [2.05, 4.69) is 54.0 Å². The zero-order chi connectivity index (χ0) is 30.5. The Labute approximate surface area is 251 Å². The lowest BCUT2D eigenvalue weighted by molar-refractivity contribution is -0.106. The maximum absolute atomic E-state index is 11.3. The van der Waals surface area contributed by atoms with Gasteiger partial charge in [0.15, 0.2) is 0 Å². The van der Waals surface area contributed by atoms with E-state index in [-0.39, 0.29) is 12.5 Å².